The molecular weight excluding hydrogens is 235 g/mol. The largest absolute Gasteiger partial charge is 0.471 e. The highest BCUT2D eigenvalue weighted by Crippen LogP contribution is 2.40. The molecule has 0 aromatic rings. The monoisotopic (exact) mass is 249 g/mol. The molecule has 3 nitrogen and oxygen atoms in total. The Bertz CT molecular complexity index is 340. The third-order valence-electron chi connectivity index (χ3n) is 3.77. The standard InChI is InChI=1S/C11H14F3NO2/c12-11(13,14)10(17)15-8-5-4-7-6(8)2-1-3-9(7)16/h6-8H,1-5H2,(H,15,17). The van der Waals surface area contributed by atoms with Gasteiger partial charge in [0.1, 0.15) is 5.78 Å². The third-order valence-corrected chi connectivity index (χ3v) is 3.77. The van der Waals surface area contributed by atoms with Crippen LogP contribution in [0.25, 0.3) is 0 Å². The number of fused-ring (bicyclic) bond motifs is 1. The number of hydrogen-bond acceptors (Lipinski definition) is 2. The molecule has 17 heavy (non-hydrogen) atoms. The summed E-state index contributed by atoms with van der Waals surface area (Å²) in [5, 5.41) is 2.02. The zero-order chi connectivity index (χ0) is 12.6. The van der Waals surface area contributed by atoms with Gasteiger partial charge in [0.05, 0.1) is 0 Å². The number of rotatable bonds is 1. The van der Waals surface area contributed by atoms with E-state index in [1.54, 1.807) is 0 Å². The molecule has 2 aliphatic carbocycles. The quantitative estimate of drug-likeness (QED) is 0.770. The summed E-state index contributed by atoms with van der Waals surface area (Å²) in [6, 6.07) is -0.488. The van der Waals surface area contributed by atoms with Crippen molar-refractivity contribution < 1.29 is 22.8 Å². The number of nitrogens with one attached hydrogen (secondary N) is 1. The molecule has 3 atom stereocenters. The van der Waals surface area contributed by atoms with Gasteiger partial charge in [0.25, 0.3) is 0 Å². The van der Waals surface area contributed by atoms with Crippen molar-refractivity contribution in [2.24, 2.45) is 11.8 Å². The zero-order valence-corrected chi connectivity index (χ0v) is 9.22. The predicted octanol–water partition coefficient (Wildman–Crippen LogP) is 1.81. The summed E-state index contributed by atoms with van der Waals surface area (Å²) < 4.78 is 36.4. The van der Waals surface area contributed by atoms with Crippen molar-refractivity contribution >= 4 is 11.7 Å². The second kappa shape index (κ2) is 4.31. The van der Waals surface area contributed by atoms with Crippen LogP contribution in [0.2, 0.25) is 0 Å². The van der Waals surface area contributed by atoms with E-state index >= 15 is 0 Å². The first kappa shape index (κ1) is 12.4. The maximum absolute atomic E-state index is 12.1. The van der Waals surface area contributed by atoms with Crippen molar-refractivity contribution in [2.45, 2.75) is 44.3 Å². The van der Waals surface area contributed by atoms with Crippen molar-refractivity contribution in [2.75, 3.05) is 0 Å². The van der Waals surface area contributed by atoms with Crippen molar-refractivity contribution in [3.63, 3.8) is 0 Å². The summed E-state index contributed by atoms with van der Waals surface area (Å²) in [7, 11) is 0. The number of carbonyl (C=O) groups is 2. The van der Waals surface area contributed by atoms with Gasteiger partial charge in [0, 0.05) is 18.4 Å². The van der Waals surface area contributed by atoms with Crippen molar-refractivity contribution in [1.82, 2.24) is 5.32 Å². The van der Waals surface area contributed by atoms with Gasteiger partial charge in [-0.25, -0.2) is 0 Å². The number of amides is 1. The molecule has 0 spiro atoms. The molecule has 1 N–H and O–H groups in total. The SMILES string of the molecule is O=C1CCCC2C(NC(=O)C(F)(F)F)CCC12. The fraction of sp³-hybridized carbons (Fsp3) is 0.818. The Labute approximate surface area is 96.7 Å². The minimum atomic E-state index is -4.84. The van der Waals surface area contributed by atoms with Crippen LogP contribution in [0.15, 0.2) is 0 Å². The third kappa shape index (κ3) is 2.45. The number of halogens is 3. The Balaban J connectivity index is 2.00. The molecule has 1 amide bonds. The van der Waals surface area contributed by atoms with Gasteiger partial charge in [-0.2, -0.15) is 13.2 Å². The van der Waals surface area contributed by atoms with Gasteiger partial charge in [-0.1, -0.05) is 0 Å². The topological polar surface area (TPSA) is 46.2 Å². The number of alkyl halides is 3. The second-order valence-electron chi connectivity index (χ2n) is 4.78. The smallest absolute Gasteiger partial charge is 0.345 e. The molecule has 0 saturated heterocycles. The predicted molar refractivity (Wildman–Crippen MR) is 53.1 cm³/mol. The van der Waals surface area contributed by atoms with E-state index in [9.17, 15) is 22.8 Å². The average molecular weight is 249 g/mol. The highest BCUT2D eigenvalue weighted by molar-refractivity contribution is 5.84. The van der Waals surface area contributed by atoms with Gasteiger partial charge in [-0.05, 0) is 31.6 Å². The Morgan fingerprint density at radius 3 is 2.59 bits per heavy atom. The van der Waals surface area contributed by atoms with E-state index in [1.165, 1.54) is 0 Å². The van der Waals surface area contributed by atoms with Crippen LogP contribution in [0, 0.1) is 11.8 Å². The lowest BCUT2D eigenvalue weighted by atomic mass is 9.79. The van der Waals surface area contributed by atoms with Gasteiger partial charge >= 0.3 is 12.1 Å². The average Bonchev–Trinajstić information content (AvgIpc) is 2.62. The highest BCUT2D eigenvalue weighted by atomic mass is 19.4. The van der Waals surface area contributed by atoms with Crippen LogP contribution in [0.4, 0.5) is 13.2 Å². The van der Waals surface area contributed by atoms with Crippen LogP contribution in [0.3, 0.4) is 0 Å². The molecular formula is C11H14F3NO2. The highest BCUT2D eigenvalue weighted by Gasteiger charge is 2.46. The maximum atomic E-state index is 12.1. The summed E-state index contributed by atoms with van der Waals surface area (Å²) in [4.78, 5) is 22.4. The van der Waals surface area contributed by atoms with Gasteiger partial charge in [-0.15, -0.1) is 0 Å². The summed E-state index contributed by atoms with van der Waals surface area (Å²) in [5.41, 5.74) is 0. The number of hydrogen-bond donors (Lipinski definition) is 1. The van der Waals surface area contributed by atoms with Gasteiger partial charge in [-0.3, -0.25) is 9.59 Å². The van der Waals surface area contributed by atoms with Gasteiger partial charge in [0.15, 0.2) is 0 Å². The summed E-state index contributed by atoms with van der Waals surface area (Å²) >= 11 is 0. The van der Waals surface area contributed by atoms with Crippen LogP contribution in [0.1, 0.15) is 32.1 Å². The lowest BCUT2D eigenvalue weighted by Gasteiger charge is -2.28. The summed E-state index contributed by atoms with van der Waals surface area (Å²) in [5.74, 6) is -1.98. The molecule has 0 heterocycles. The van der Waals surface area contributed by atoms with Crippen LogP contribution in [-0.4, -0.2) is 23.9 Å². The van der Waals surface area contributed by atoms with Crippen molar-refractivity contribution in [1.29, 1.82) is 0 Å². The van der Waals surface area contributed by atoms with Crippen molar-refractivity contribution in [3.05, 3.63) is 0 Å². The van der Waals surface area contributed by atoms with Crippen LogP contribution >= 0.6 is 0 Å². The van der Waals surface area contributed by atoms with Crippen LogP contribution in [0.5, 0.6) is 0 Å². The summed E-state index contributed by atoms with van der Waals surface area (Å²) in [6.07, 6.45) is -1.77. The summed E-state index contributed by atoms with van der Waals surface area (Å²) in [6.45, 7) is 0. The molecule has 96 valence electrons. The van der Waals surface area contributed by atoms with Crippen LogP contribution < -0.4 is 5.32 Å². The number of Topliss-reactive ketones (excluding diaryl/α,β-unsaturated/α-hetero) is 1. The van der Waals surface area contributed by atoms with E-state index in [0.717, 1.165) is 12.8 Å². The molecule has 0 radical (unpaired) electrons. The minimum Gasteiger partial charge on any atom is -0.345 e. The lowest BCUT2D eigenvalue weighted by molar-refractivity contribution is -0.174. The number of carbonyl (C=O) groups excluding carboxylic acids is 2. The van der Waals surface area contributed by atoms with E-state index in [-0.39, 0.29) is 17.6 Å². The Kier molecular flexibility index (Phi) is 3.14. The fourth-order valence-corrected chi connectivity index (χ4v) is 3.00. The second-order valence-corrected chi connectivity index (χ2v) is 4.78. The van der Waals surface area contributed by atoms with Crippen molar-refractivity contribution in [3.8, 4) is 0 Å². The fourth-order valence-electron chi connectivity index (χ4n) is 3.00. The lowest BCUT2D eigenvalue weighted by Crippen LogP contribution is -2.46. The van der Waals surface area contributed by atoms with E-state index in [0.29, 0.717) is 19.3 Å². The first-order valence-corrected chi connectivity index (χ1v) is 5.80. The molecule has 2 saturated carbocycles. The molecule has 0 bridgehead atoms. The zero-order valence-electron chi connectivity index (χ0n) is 9.22. The maximum Gasteiger partial charge on any atom is 0.471 e. The molecule has 6 heteroatoms. The van der Waals surface area contributed by atoms with Gasteiger partial charge in [0.2, 0.25) is 0 Å². The normalized spacial score (nSPS) is 33.4. The van der Waals surface area contributed by atoms with E-state index < -0.39 is 18.1 Å². The molecule has 2 rings (SSSR count). The van der Waals surface area contributed by atoms with E-state index in [4.69, 9.17) is 0 Å². The Morgan fingerprint density at radius 1 is 1.24 bits per heavy atom. The first-order chi connectivity index (χ1) is 7.89. The Morgan fingerprint density at radius 2 is 1.94 bits per heavy atom. The minimum absolute atomic E-state index is 0.0949. The molecule has 2 aliphatic rings. The Hall–Kier alpha value is -1.07. The van der Waals surface area contributed by atoms with Gasteiger partial charge < -0.3 is 5.32 Å². The number of ketones is 1. The molecule has 0 aliphatic heterocycles. The molecule has 0 aromatic carbocycles. The van der Waals surface area contributed by atoms with E-state index in [1.807, 2.05) is 5.32 Å². The van der Waals surface area contributed by atoms with Crippen LogP contribution in [-0.2, 0) is 9.59 Å². The molecule has 0 aromatic heterocycles. The molecule has 3 unspecified atom stereocenters. The molecule has 2 fully saturated rings. The first-order valence-electron chi connectivity index (χ1n) is 5.80. The van der Waals surface area contributed by atoms with E-state index in [2.05, 4.69) is 0 Å².